The molecule has 1 aliphatic rings. The zero-order valence-corrected chi connectivity index (χ0v) is 10.4. The Morgan fingerprint density at radius 3 is 3.05 bits per heavy atom. The summed E-state index contributed by atoms with van der Waals surface area (Å²) in [6.45, 7) is 1.30. The number of hydrogen-bond donors (Lipinski definition) is 0. The molecule has 2 heterocycles. The monoisotopic (exact) mass is 264 g/mol. The fourth-order valence-corrected chi connectivity index (χ4v) is 2.10. The molecule has 1 saturated heterocycles. The van der Waals surface area contributed by atoms with Crippen LogP contribution >= 0.6 is 0 Å². The Morgan fingerprint density at radius 1 is 1.42 bits per heavy atom. The van der Waals surface area contributed by atoms with Gasteiger partial charge in [0.05, 0.1) is 19.3 Å². The smallest absolute Gasteiger partial charge is 0.261 e. The first-order valence-electron chi connectivity index (χ1n) is 6.03. The van der Waals surface area contributed by atoms with Gasteiger partial charge in [0.1, 0.15) is 11.6 Å². The molecule has 0 saturated carbocycles. The second-order valence-corrected chi connectivity index (χ2v) is 4.36. The molecule has 1 unspecified atom stereocenters. The molecule has 1 fully saturated rings. The van der Waals surface area contributed by atoms with Crippen LogP contribution in [0, 0.1) is 5.82 Å². The van der Waals surface area contributed by atoms with Gasteiger partial charge < -0.3 is 14.0 Å². The van der Waals surface area contributed by atoms with Crippen molar-refractivity contribution < 1.29 is 18.4 Å². The highest BCUT2D eigenvalue weighted by Crippen LogP contribution is 2.31. The van der Waals surface area contributed by atoms with Crippen molar-refractivity contribution in [3.8, 4) is 17.2 Å². The highest BCUT2D eigenvalue weighted by Gasteiger charge is 2.24. The highest BCUT2D eigenvalue weighted by molar-refractivity contribution is 5.62. The molecule has 1 aromatic carbocycles. The van der Waals surface area contributed by atoms with E-state index in [2.05, 4.69) is 10.1 Å². The van der Waals surface area contributed by atoms with E-state index in [-0.39, 0.29) is 17.6 Å². The number of rotatable bonds is 3. The van der Waals surface area contributed by atoms with E-state index in [1.54, 1.807) is 0 Å². The molecule has 3 rings (SSSR count). The highest BCUT2D eigenvalue weighted by atomic mass is 19.1. The molecule has 0 spiro atoms. The molecule has 19 heavy (non-hydrogen) atoms. The third-order valence-electron chi connectivity index (χ3n) is 3.13. The van der Waals surface area contributed by atoms with Gasteiger partial charge in [0, 0.05) is 12.5 Å². The second-order valence-electron chi connectivity index (χ2n) is 4.36. The number of aromatic nitrogens is 2. The lowest BCUT2D eigenvalue weighted by Crippen LogP contribution is -1.99. The molecule has 1 aliphatic heterocycles. The van der Waals surface area contributed by atoms with Gasteiger partial charge in [-0.15, -0.1) is 0 Å². The molecule has 1 aromatic heterocycles. The second kappa shape index (κ2) is 4.97. The van der Waals surface area contributed by atoms with Crippen molar-refractivity contribution in [3.63, 3.8) is 0 Å². The van der Waals surface area contributed by atoms with Crippen LogP contribution in [0.2, 0.25) is 0 Å². The van der Waals surface area contributed by atoms with Crippen LogP contribution in [0.25, 0.3) is 11.5 Å². The molecule has 100 valence electrons. The number of hydrogen-bond acceptors (Lipinski definition) is 5. The number of methoxy groups -OCH3 is 1. The van der Waals surface area contributed by atoms with Gasteiger partial charge in [0.15, 0.2) is 5.82 Å². The van der Waals surface area contributed by atoms with Crippen molar-refractivity contribution in [3.05, 3.63) is 29.8 Å². The lowest BCUT2D eigenvalue weighted by Gasteiger charge is -2.04. The lowest BCUT2D eigenvalue weighted by atomic mass is 10.1. The fourth-order valence-electron chi connectivity index (χ4n) is 2.10. The molecule has 0 aliphatic carbocycles. The zero-order chi connectivity index (χ0) is 13.2. The Balaban J connectivity index is 1.95. The Bertz CT molecular complexity index is 579. The van der Waals surface area contributed by atoms with E-state index in [0.29, 0.717) is 30.4 Å². The summed E-state index contributed by atoms with van der Waals surface area (Å²) in [5.41, 5.74) is 0.458. The van der Waals surface area contributed by atoms with E-state index < -0.39 is 0 Å². The first kappa shape index (κ1) is 12.1. The Labute approximate surface area is 109 Å². The van der Waals surface area contributed by atoms with E-state index in [0.717, 1.165) is 6.42 Å². The van der Waals surface area contributed by atoms with Gasteiger partial charge in [0.2, 0.25) is 0 Å². The van der Waals surface area contributed by atoms with Gasteiger partial charge in [0.25, 0.3) is 5.89 Å². The summed E-state index contributed by atoms with van der Waals surface area (Å²) in [7, 11) is 1.51. The minimum absolute atomic E-state index is 0.150. The quantitative estimate of drug-likeness (QED) is 0.852. The first-order chi connectivity index (χ1) is 9.28. The number of nitrogens with zero attached hydrogens (tertiary/aromatic N) is 2. The fraction of sp³-hybridized carbons (Fsp3) is 0.385. The van der Waals surface area contributed by atoms with Crippen molar-refractivity contribution in [2.45, 2.75) is 12.3 Å². The average Bonchev–Trinajstić information content (AvgIpc) is 3.09. The van der Waals surface area contributed by atoms with Crippen LogP contribution in [0.4, 0.5) is 4.39 Å². The van der Waals surface area contributed by atoms with E-state index in [9.17, 15) is 4.39 Å². The van der Waals surface area contributed by atoms with Gasteiger partial charge in [-0.05, 0) is 24.6 Å². The average molecular weight is 264 g/mol. The number of ether oxygens (including phenoxy) is 2. The van der Waals surface area contributed by atoms with Crippen molar-refractivity contribution in [1.29, 1.82) is 0 Å². The summed E-state index contributed by atoms with van der Waals surface area (Å²) in [5.74, 6) is 1.13. The van der Waals surface area contributed by atoms with Crippen LogP contribution in [0.15, 0.2) is 22.7 Å². The van der Waals surface area contributed by atoms with Crippen LogP contribution in [0.3, 0.4) is 0 Å². The van der Waals surface area contributed by atoms with Crippen LogP contribution < -0.4 is 4.74 Å². The maximum absolute atomic E-state index is 13.3. The normalized spacial score (nSPS) is 18.7. The van der Waals surface area contributed by atoms with Crippen molar-refractivity contribution >= 4 is 0 Å². The number of halogens is 1. The molecular formula is C13H13FN2O3. The van der Waals surface area contributed by atoms with Gasteiger partial charge in [-0.2, -0.15) is 4.98 Å². The van der Waals surface area contributed by atoms with Crippen molar-refractivity contribution in [1.82, 2.24) is 10.1 Å². The SMILES string of the molecule is COc1ccc(F)cc1-c1nc(C2CCOC2)no1. The maximum Gasteiger partial charge on any atom is 0.261 e. The van der Waals surface area contributed by atoms with Crippen molar-refractivity contribution in [2.75, 3.05) is 20.3 Å². The largest absolute Gasteiger partial charge is 0.496 e. The molecule has 5 nitrogen and oxygen atoms in total. The van der Waals surface area contributed by atoms with E-state index >= 15 is 0 Å². The third-order valence-corrected chi connectivity index (χ3v) is 3.13. The molecule has 1 atom stereocenters. The molecular weight excluding hydrogens is 251 g/mol. The summed E-state index contributed by atoms with van der Waals surface area (Å²) < 4.78 is 29.0. The predicted molar refractivity (Wildman–Crippen MR) is 64.4 cm³/mol. The molecule has 0 N–H and O–H groups in total. The maximum atomic E-state index is 13.3. The predicted octanol–water partition coefficient (Wildman–Crippen LogP) is 2.39. The van der Waals surface area contributed by atoms with E-state index in [1.807, 2.05) is 0 Å². The zero-order valence-electron chi connectivity index (χ0n) is 10.4. The third kappa shape index (κ3) is 2.31. The summed E-state index contributed by atoms with van der Waals surface area (Å²) in [6.07, 6.45) is 0.874. The summed E-state index contributed by atoms with van der Waals surface area (Å²) in [5, 5.41) is 3.94. The lowest BCUT2D eigenvalue weighted by molar-refractivity contribution is 0.192. The minimum Gasteiger partial charge on any atom is -0.496 e. The van der Waals surface area contributed by atoms with E-state index in [4.69, 9.17) is 14.0 Å². The minimum atomic E-state index is -0.375. The van der Waals surface area contributed by atoms with Gasteiger partial charge in [-0.1, -0.05) is 5.16 Å². The molecule has 0 bridgehead atoms. The van der Waals surface area contributed by atoms with Gasteiger partial charge >= 0.3 is 0 Å². The first-order valence-corrected chi connectivity index (χ1v) is 6.03. The Hall–Kier alpha value is -1.95. The molecule has 0 amide bonds. The standard InChI is InChI=1S/C13H13FN2O3/c1-17-11-3-2-9(14)6-10(11)13-15-12(16-19-13)8-4-5-18-7-8/h2-3,6,8H,4-5,7H2,1H3. The molecule has 0 radical (unpaired) electrons. The summed E-state index contributed by atoms with van der Waals surface area (Å²) in [4.78, 5) is 4.31. The Kier molecular flexibility index (Phi) is 3.16. The van der Waals surface area contributed by atoms with Crippen LogP contribution in [0.5, 0.6) is 5.75 Å². The topological polar surface area (TPSA) is 57.4 Å². The number of benzene rings is 1. The van der Waals surface area contributed by atoms with Crippen molar-refractivity contribution in [2.24, 2.45) is 0 Å². The Morgan fingerprint density at radius 2 is 2.32 bits per heavy atom. The van der Waals surface area contributed by atoms with Crippen LogP contribution in [-0.4, -0.2) is 30.5 Å². The van der Waals surface area contributed by atoms with E-state index in [1.165, 1.54) is 25.3 Å². The van der Waals surface area contributed by atoms with Crippen LogP contribution in [0.1, 0.15) is 18.2 Å². The van der Waals surface area contributed by atoms with Crippen LogP contribution in [-0.2, 0) is 4.74 Å². The summed E-state index contributed by atoms with van der Waals surface area (Å²) in [6, 6.07) is 4.18. The summed E-state index contributed by atoms with van der Waals surface area (Å²) >= 11 is 0. The molecule has 2 aromatic rings. The van der Waals surface area contributed by atoms with Gasteiger partial charge in [-0.3, -0.25) is 0 Å². The van der Waals surface area contributed by atoms with Gasteiger partial charge in [-0.25, -0.2) is 4.39 Å². The molecule has 6 heteroatoms.